The molecule has 12 heavy (non-hydrogen) atoms. The van der Waals surface area contributed by atoms with Gasteiger partial charge in [-0.05, 0) is 6.92 Å². The van der Waals surface area contributed by atoms with E-state index in [0.29, 0.717) is 5.57 Å². The van der Waals surface area contributed by atoms with Crippen LogP contribution in [0.25, 0.3) is 0 Å². The van der Waals surface area contributed by atoms with Crippen LogP contribution in [0.15, 0.2) is 36.5 Å². The molecule has 0 heterocycles. The molecular formula is C10H15NO. The molecule has 0 radical (unpaired) electrons. The van der Waals surface area contributed by atoms with Crippen LogP contribution < -0.4 is 0 Å². The molecule has 0 bridgehead atoms. The molecule has 0 aliphatic carbocycles. The van der Waals surface area contributed by atoms with Gasteiger partial charge in [-0.15, -0.1) is 0 Å². The third-order valence-electron chi connectivity index (χ3n) is 1.30. The summed E-state index contributed by atoms with van der Waals surface area (Å²) in [6.45, 7) is 5.42. The standard InChI is InChI=1S/C10H15NO/c1-5-7-9(8-6-2)10(12)11(3)4/h5-8H,1H2,2-4H3/b8-6-,9-7+. The minimum Gasteiger partial charge on any atom is -0.345 e. The smallest absolute Gasteiger partial charge is 0.253 e. The van der Waals surface area contributed by atoms with Gasteiger partial charge in [0.15, 0.2) is 0 Å². The molecule has 0 rings (SSSR count). The fraction of sp³-hybridized carbons (Fsp3) is 0.300. The number of hydrogen-bond acceptors (Lipinski definition) is 1. The Hall–Kier alpha value is -1.31. The number of amides is 1. The van der Waals surface area contributed by atoms with Crippen molar-refractivity contribution in [1.82, 2.24) is 4.90 Å². The van der Waals surface area contributed by atoms with Crippen LogP contribution in [0.2, 0.25) is 0 Å². The number of carbonyl (C=O) groups is 1. The van der Waals surface area contributed by atoms with Crippen LogP contribution >= 0.6 is 0 Å². The first kappa shape index (κ1) is 10.7. The van der Waals surface area contributed by atoms with E-state index in [1.165, 1.54) is 4.90 Å². The van der Waals surface area contributed by atoms with Crippen LogP contribution in [0.1, 0.15) is 6.92 Å². The molecular weight excluding hydrogens is 150 g/mol. The Bertz CT molecular complexity index is 224. The van der Waals surface area contributed by atoms with Gasteiger partial charge in [-0.3, -0.25) is 4.79 Å². The van der Waals surface area contributed by atoms with Crippen LogP contribution in [-0.4, -0.2) is 24.9 Å². The monoisotopic (exact) mass is 165 g/mol. The lowest BCUT2D eigenvalue weighted by Gasteiger charge is -2.09. The molecule has 2 heteroatoms. The summed E-state index contributed by atoms with van der Waals surface area (Å²) in [7, 11) is 3.45. The Kier molecular flexibility index (Phi) is 4.77. The molecule has 0 saturated carbocycles. The minimum atomic E-state index is -0.00648. The minimum absolute atomic E-state index is 0.00648. The van der Waals surface area contributed by atoms with Crippen molar-refractivity contribution >= 4 is 5.91 Å². The van der Waals surface area contributed by atoms with Gasteiger partial charge in [0.2, 0.25) is 0 Å². The van der Waals surface area contributed by atoms with Gasteiger partial charge in [0.1, 0.15) is 0 Å². The predicted octanol–water partition coefficient (Wildman–Crippen LogP) is 1.76. The van der Waals surface area contributed by atoms with Crippen molar-refractivity contribution in [3.05, 3.63) is 36.5 Å². The zero-order valence-corrected chi connectivity index (χ0v) is 7.87. The molecule has 0 aliphatic heterocycles. The molecule has 0 atom stereocenters. The van der Waals surface area contributed by atoms with Crippen molar-refractivity contribution in [1.29, 1.82) is 0 Å². The highest BCUT2D eigenvalue weighted by Crippen LogP contribution is 2.01. The first-order chi connectivity index (χ1) is 5.63. The molecule has 0 N–H and O–H groups in total. The molecule has 0 aromatic heterocycles. The highest BCUT2D eigenvalue weighted by molar-refractivity contribution is 5.96. The average molecular weight is 165 g/mol. The lowest BCUT2D eigenvalue weighted by Crippen LogP contribution is -2.22. The van der Waals surface area contributed by atoms with Crippen molar-refractivity contribution in [2.45, 2.75) is 6.92 Å². The maximum absolute atomic E-state index is 11.4. The summed E-state index contributed by atoms with van der Waals surface area (Å²) in [6, 6.07) is 0. The van der Waals surface area contributed by atoms with Gasteiger partial charge in [-0.25, -0.2) is 0 Å². The number of rotatable bonds is 3. The Balaban J connectivity index is 4.63. The van der Waals surface area contributed by atoms with E-state index in [-0.39, 0.29) is 5.91 Å². The number of hydrogen-bond donors (Lipinski definition) is 0. The fourth-order valence-electron chi connectivity index (χ4n) is 0.763. The van der Waals surface area contributed by atoms with Crippen LogP contribution in [0.5, 0.6) is 0 Å². The van der Waals surface area contributed by atoms with Crippen LogP contribution in [0.4, 0.5) is 0 Å². The van der Waals surface area contributed by atoms with E-state index in [9.17, 15) is 4.79 Å². The van der Waals surface area contributed by atoms with Gasteiger partial charge in [-0.2, -0.15) is 0 Å². The van der Waals surface area contributed by atoms with Gasteiger partial charge in [0.25, 0.3) is 5.91 Å². The fourth-order valence-corrected chi connectivity index (χ4v) is 0.763. The van der Waals surface area contributed by atoms with Gasteiger partial charge >= 0.3 is 0 Å². The zero-order chi connectivity index (χ0) is 9.56. The Morgan fingerprint density at radius 1 is 1.42 bits per heavy atom. The summed E-state index contributed by atoms with van der Waals surface area (Å²) in [5, 5.41) is 0. The maximum atomic E-state index is 11.4. The molecule has 0 aromatic carbocycles. The highest BCUT2D eigenvalue weighted by Gasteiger charge is 2.06. The molecule has 2 nitrogen and oxygen atoms in total. The summed E-state index contributed by atoms with van der Waals surface area (Å²) in [5.74, 6) is -0.00648. The SMILES string of the molecule is C=C/C=C(\C=C/C)C(=O)N(C)C. The summed E-state index contributed by atoms with van der Waals surface area (Å²) < 4.78 is 0. The Morgan fingerprint density at radius 3 is 2.33 bits per heavy atom. The molecule has 66 valence electrons. The summed E-state index contributed by atoms with van der Waals surface area (Å²) in [5.41, 5.74) is 0.650. The lowest BCUT2D eigenvalue weighted by molar-refractivity contribution is -0.124. The van der Waals surface area contributed by atoms with E-state index in [4.69, 9.17) is 0 Å². The van der Waals surface area contributed by atoms with Gasteiger partial charge in [0.05, 0.1) is 0 Å². The Labute approximate surface area is 73.9 Å². The summed E-state index contributed by atoms with van der Waals surface area (Å²) >= 11 is 0. The lowest BCUT2D eigenvalue weighted by atomic mass is 10.2. The quantitative estimate of drug-likeness (QED) is 0.461. The van der Waals surface area contributed by atoms with Crippen molar-refractivity contribution < 1.29 is 4.79 Å². The number of carbonyl (C=O) groups excluding carboxylic acids is 1. The van der Waals surface area contributed by atoms with Crippen molar-refractivity contribution in [2.75, 3.05) is 14.1 Å². The molecule has 0 unspecified atom stereocenters. The third kappa shape index (κ3) is 3.19. The second kappa shape index (κ2) is 5.35. The molecule has 0 saturated heterocycles. The van der Waals surface area contributed by atoms with E-state index in [1.807, 2.05) is 13.0 Å². The molecule has 0 spiro atoms. The van der Waals surface area contributed by atoms with Crippen LogP contribution in [-0.2, 0) is 4.79 Å². The van der Waals surface area contributed by atoms with Gasteiger partial charge in [0, 0.05) is 19.7 Å². The number of nitrogens with zero attached hydrogens (tertiary/aromatic N) is 1. The second-order valence-electron chi connectivity index (χ2n) is 2.56. The van der Waals surface area contributed by atoms with Crippen LogP contribution in [0, 0.1) is 0 Å². The molecule has 0 fully saturated rings. The third-order valence-corrected chi connectivity index (χ3v) is 1.30. The largest absolute Gasteiger partial charge is 0.345 e. The normalized spacial score (nSPS) is 11.8. The first-order valence-corrected chi connectivity index (χ1v) is 3.80. The van der Waals surface area contributed by atoms with Crippen molar-refractivity contribution in [3.8, 4) is 0 Å². The molecule has 0 aliphatic rings. The van der Waals surface area contributed by atoms with E-state index in [0.717, 1.165) is 0 Å². The first-order valence-electron chi connectivity index (χ1n) is 3.80. The second-order valence-corrected chi connectivity index (χ2v) is 2.56. The van der Waals surface area contributed by atoms with E-state index in [1.54, 1.807) is 32.3 Å². The van der Waals surface area contributed by atoms with Crippen LogP contribution in [0.3, 0.4) is 0 Å². The summed E-state index contributed by atoms with van der Waals surface area (Å²) in [4.78, 5) is 12.9. The topological polar surface area (TPSA) is 20.3 Å². The molecule has 1 amide bonds. The zero-order valence-electron chi connectivity index (χ0n) is 7.87. The highest BCUT2D eigenvalue weighted by atomic mass is 16.2. The summed E-state index contributed by atoms with van der Waals surface area (Å²) in [6.07, 6.45) is 6.90. The predicted molar refractivity (Wildman–Crippen MR) is 51.8 cm³/mol. The van der Waals surface area contributed by atoms with Crippen molar-refractivity contribution in [3.63, 3.8) is 0 Å². The number of likely N-dealkylation sites (N-methyl/N-ethyl adjacent to an activating group) is 1. The van der Waals surface area contributed by atoms with E-state index >= 15 is 0 Å². The van der Waals surface area contributed by atoms with Crippen molar-refractivity contribution in [2.24, 2.45) is 0 Å². The van der Waals surface area contributed by atoms with Gasteiger partial charge < -0.3 is 4.90 Å². The van der Waals surface area contributed by atoms with E-state index < -0.39 is 0 Å². The maximum Gasteiger partial charge on any atom is 0.253 e. The number of allylic oxidation sites excluding steroid dienone is 3. The van der Waals surface area contributed by atoms with E-state index in [2.05, 4.69) is 6.58 Å². The average Bonchev–Trinajstić information content (AvgIpc) is 2.03. The Morgan fingerprint density at radius 2 is 2.00 bits per heavy atom. The molecule has 0 aromatic rings. The van der Waals surface area contributed by atoms with Gasteiger partial charge in [-0.1, -0.05) is 30.9 Å².